The molecule has 0 saturated carbocycles. The van der Waals surface area contributed by atoms with E-state index in [1.807, 2.05) is 18.0 Å². The van der Waals surface area contributed by atoms with Gasteiger partial charge < -0.3 is 10.2 Å². The fourth-order valence-corrected chi connectivity index (χ4v) is 3.73. The van der Waals surface area contributed by atoms with Crippen molar-refractivity contribution in [1.82, 2.24) is 20.1 Å². The summed E-state index contributed by atoms with van der Waals surface area (Å²) in [6.07, 6.45) is 0.592. The summed E-state index contributed by atoms with van der Waals surface area (Å²) >= 11 is 1.77. The first-order valence-corrected chi connectivity index (χ1v) is 8.57. The van der Waals surface area contributed by atoms with Gasteiger partial charge >= 0.3 is 0 Å². The molecule has 5 nitrogen and oxygen atoms in total. The zero-order valence-corrected chi connectivity index (χ0v) is 15.0. The van der Waals surface area contributed by atoms with Crippen LogP contribution in [0.15, 0.2) is 24.3 Å². The number of benzene rings is 1. The standard InChI is InChI=1S/C16H22N4OS.ClH/c1-17-7-6-16(21)20-10-8-19(9-11-20)12-15-18-13-4-2-3-5-14(13)22-15;/h2-5,17H,6-12H2,1H3;1H. The van der Waals surface area contributed by atoms with Crippen molar-refractivity contribution in [1.29, 1.82) is 0 Å². The van der Waals surface area contributed by atoms with Crippen LogP contribution in [0.3, 0.4) is 0 Å². The molecule has 0 bridgehead atoms. The smallest absolute Gasteiger partial charge is 0.223 e. The average molecular weight is 355 g/mol. The molecular formula is C16H23ClN4OS. The maximum absolute atomic E-state index is 12.0. The molecule has 2 heterocycles. The van der Waals surface area contributed by atoms with Crippen molar-refractivity contribution in [3.05, 3.63) is 29.3 Å². The number of hydrogen-bond donors (Lipinski definition) is 1. The Hall–Kier alpha value is -1.21. The number of carbonyl (C=O) groups excluding carboxylic acids is 1. The molecule has 0 spiro atoms. The Morgan fingerprint density at radius 1 is 1.26 bits per heavy atom. The van der Waals surface area contributed by atoms with Gasteiger partial charge in [-0.15, -0.1) is 23.7 Å². The summed E-state index contributed by atoms with van der Waals surface area (Å²) in [5.41, 5.74) is 1.09. The normalized spacial score (nSPS) is 15.6. The van der Waals surface area contributed by atoms with Gasteiger partial charge in [-0.05, 0) is 19.2 Å². The molecule has 1 aromatic heterocycles. The van der Waals surface area contributed by atoms with Gasteiger partial charge in [0.15, 0.2) is 0 Å². The molecule has 1 aliphatic rings. The number of rotatable bonds is 5. The molecule has 1 aromatic carbocycles. The predicted octanol–water partition coefficient (Wildman–Crippen LogP) is 1.97. The number of nitrogens with one attached hydrogen (secondary N) is 1. The van der Waals surface area contributed by atoms with Gasteiger partial charge in [-0.25, -0.2) is 4.98 Å². The SMILES string of the molecule is CNCCC(=O)N1CCN(Cc2nc3ccccc3s2)CC1.Cl. The number of thiazole rings is 1. The molecule has 0 aliphatic carbocycles. The maximum Gasteiger partial charge on any atom is 0.223 e. The molecule has 1 N–H and O–H groups in total. The summed E-state index contributed by atoms with van der Waals surface area (Å²) in [5, 5.41) is 4.19. The highest BCUT2D eigenvalue weighted by Gasteiger charge is 2.21. The number of piperazine rings is 1. The van der Waals surface area contributed by atoms with Gasteiger partial charge in [0.05, 0.1) is 16.8 Å². The molecule has 0 radical (unpaired) electrons. The van der Waals surface area contributed by atoms with Crippen molar-refractivity contribution in [2.45, 2.75) is 13.0 Å². The number of para-hydroxylation sites is 1. The largest absolute Gasteiger partial charge is 0.340 e. The van der Waals surface area contributed by atoms with Gasteiger partial charge in [-0.1, -0.05) is 12.1 Å². The lowest BCUT2D eigenvalue weighted by atomic mass is 10.2. The number of halogens is 1. The maximum atomic E-state index is 12.0. The summed E-state index contributed by atoms with van der Waals surface area (Å²) in [6.45, 7) is 5.16. The van der Waals surface area contributed by atoms with Gasteiger partial charge in [0.2, 0.25) is 5.91 Å². The number of amides is 1. The van der Waals surface area contributed by atoms with Gasteiger partial charge in [-0.2, -0.15) is 0 Å². The molecule has 3 rings (SSSR count). The third-order valence-electron chi connectivity index (χ3n) is 4.01. The van der Waals surface area contributed by atoms with E-state index in [-0.39, 0.29) is 18.3 Å². The summed E-state index contributed by atoms with van der Waals surface area (Å²) in [4.78, 5) is 21.1. The Balaban J connectivity index is 0.00000192. The van der Waals surface area contributed by atoms with Crippen LogP contribution in [0, 0.1) is 0 Å². The molecule has 7 heteroatoms. The highest BCUT2D eigenvalue weighted by atomic mass is 35.5. The summed E-state index contributed by atoms with van der Waals surface area (Å²) < 4.78 is 1.25. The van der Waals surface area contributed by atoms with E-state index in [1.165, 1.54) is 4.70 Å². The van der Waals surface area contributed by atoms with Crippen LogP contribution in [0.4, 0.5) is 0 Å². The monoisotopic (exact) mass is 354 g/mol. The van der Waals surface area contributed by atoms with Crippen LogP contribution in [0.25, 0.3) is 10.2 Å². The van der Waals surface area contributed by atoms with Gasteiger partial charge in [0.25, 0.3) is 0 Å². The third-order valence-corrected chi connectivity index (χ3v) is 5.03. The van der Waals surface area contributed by atoms with Crippen LogP contribution in [0.5, 0.6) is 0 Å². The zero-order chi connectivity index (χ0) is 15.4. The van der Waals surface area contributed by atoms with Crippen LogP contribution in [-0.4, -0.2) is 60.5 Å². The number of hydrogen-bond acceptors (Lipinski definition) is 5. The van der Waals surface area contributed by atoms with Crippen molar-refractivity contribution < 1.29 is 4.79 Å². The Morgan fingerprint density at radius 2 is 2.00 bits per heavy atom. The van der Waals surface area contributed by atoms with E-state index in [2.05, 4.69) is 33.4 Å². The second-order valence-corrected chi connectivity index (χ2v) is 6.70. The first-order valence-electron chi connectivity index (χ1n) is 7.75. The molecular weight excluding hydrogens is 332 g/mol. The van der Waals surface area contributed by atoms with Crippen molar-refractivity contribution in [2.24, 2.45) is 0 Å². The Labute approximate surface area is 147 Å². The van der Waals surface area contributed by atoms with Gasteiger partial charge in [0, 0.05) is 39.1 Å². The first kappa shape index (κ1) is 18.1. The summed E-state index contributed by atoms with van der Waals surface area (Å²) in [6, 6.07) is 8.27. The first-order chi connectivity index (χ1) is 10.8. The Bertz CT molecular complexity index is 607. The highest BCUT2D eigenvalue weighted by molar-refractivity contribution is 7.18. The second-order valence-electron chi connectivity index (χ2n) is 5.59. The average Bonchev–Trinajstić information content (AvgIpc) is 2.95. The van der Waals surface area contributed by atoms with E-state index >= 15 is 0 Å². The minimum atomic E-state index is 0. The molecule has 2 aromatic rings. The van der Waals surface area contributed by atoms with E-state index in [1.54, 1.807) is 11.3 Å². The molecule has 1 saturated heterocycles. The lowest BCUT2D eigenvalue weighted by molar-refractivity contribution is -0.132. The van der Waals surface area contributed by atoms with Crippen LogP contribution < -0.4 is 5.32 Å². The Kier molecular flexibility index (Phi) is 6.77. The van der Waals surface area contributed by atoms with Gasteiger partial charge in [-0.3, -0.25) is 9.69 Å². The van der Waals surface area contributed by atoms with Crippen molar-refractivity contribution >= 4 is 39.9 Å². The molecule has 23 heavy (non-hydrogen) atoms. The van der Waals surface area contributed by atoms with Crippen molar-refractivity contribution in [3.8, 4) is 0 Å². The van der Waals surface area contributed by atoms with Crippen LogP contribution >= 0.6 is 23.7 Å². The van der Waals surface area contributed by atoms with Crippen LogP contribution in [0.2, 0.25) is 0 Å². The number of fused-ring (bicyclic) bond motifs is 1. The second kappa shape index (κ2) is 8.59. The molecule has 1 amide bonds. The third kappa shape index (κ3) is 4.64. The lowest BCUT2D eigenvalue weighted by Gasteiger charge is -2.34. The Morgan fingerprint density at radius 3 is 2.70 bits per heavy atom. The van der Waals surface area contributed by atoms with E-state index in [0.29, 0.717) is 6.42 Å². The topological polar surface area (TPSA) is 48.5 Å². The van der Waals surface area contributed by atoms with Crippen LogP contribution in [-0.2, 0) is 11.3 Å². The summed E-state index contributed by atoms with van der Waals surface area (Å²) in [7, 11) is 1.88. The fourth-order valence-electron chi connectivity index (χ4n) is 2.72. The fraction of sp³-hybridized carbons (Fsp3) is 0.500. The van der Waals surface area contributed by atoms with Crippen molar-refractivity contribution in [2.75, 3.05) is 39.8 Å². The van der Waals surface area contributed by atoms with E-state index in [0.717, 1.165) is 49.8 Å². The number of aromatic nitrogens is 1. The van der Waals surface area contributed by atoms with Crippen molar-refractivity contribution in [3.63, 3.8) is 0 Å². The molecule has 0 unspecified atom stereocenters. The van der Waals surface area contributed by atoms with E-state index in [9.17, 15) is 4.79 Å². The minimum Gasteiger partial charge on any atom is -0.340 e. The van der Waals surface area contributed by atoms with E-state index in [4.69, 9.17) is 0 Å². The van der Waals surface area contributed by atoms with Crippen LogP contribution in [0.1, 0.15) is 11.4 Å². The lowest BCUT2D eigenvalue weighted by Crippen LogP contribution is -2.48. The highest BCUT2D eigenvalue weighted by Crippen LogP contribution is 2.23. The quantitative estimate of drug-likeness (QED) is 0.891. The zero-order valence-electron chi connectivity index (χ0n) is 13.3. The predicted molar refractivity (Wildman–Crippen MR) is 97.3 cm³/mol. The van der Waals surface area contributed by atoms with E-state index < -0.39 is 0 Å². The molecule has 0 atom stereocenters. The molecule has 126 valence electrons. The molecule has 1 fully saturated rings. The summed E-state index contributed by atoms with van der Waals surface area (Å²) in [5.74, 6) is 0.258. The number of nitrogens with zero attached hydrogens (tertiary/aromatic N) is 3. The number of carbonyl (C=O) groups is 1. The minimum absolute atomic E-state index is 0. The van der Waals surface area contributed by atoms with Gasteiger partial charge in [0.1, 0.15) is 5.01 Å². The molecule has 1 aliphatic heterocycles.